The minimum absolute atomic E-state index is 0.102. The highest BCUT2D eigenvalue weighted by Gasteiger charge is 2.23. The van der Waals surface area contributed by atoms with E-state index in [4.69, 9.17) is 11.8 Å². The molecule has 0 unspecified atom stereocenters. The lowest BCUT2D eigenvalue weighted by Gasteiger charge is -2.14. The quantitative estimate of drug-likeness (QED) is 0.798. The van der Waals surface area contributed by atoms with E-state index in [1.807, 2.05) is 0 Å². The Hall–Kier alpha value is -1.66. The van der Waals surface area contributed by atoms with Gasteiger partial charge in [0.15, 0.2) is 5.82 Å². The molecule has 0 N–H and O–H groups in total. The lowest BCUT2D eigenvalue weighted by molar-refractivity contribution is 0.597. The van der Waals surface area contributed by atoms with Crippen LogP contribution in [-0.2, 0) is 10.0 Å². The van der Waals surface area contributed by atoms with E-state index in [0.717, 1.165) is 0 Å². The molecule has 1 heterocycles. The molecule has 0 aliphatic carbocycles. The standard InChI is InChI=1S/C10H8ClN3O2S/c11-14(10-6-7-12-8-13-10)17(15,16)9-4-2-1-3-5-9/h1-8H. The molecule has 0 fully saturated rings. The number of sulfonamides is 1. The molecule has 5 nitrogen and oxygen atoms in total. The summed E-state index contributed by atoms with van der Waals surface area (Å²) in [6, 6.07) is 9.31. The summed E-state index contributed by atoms with van der Waals surface area (Å²) in [7, 11) is -3.78. The van der Waals surface area contributed by atoms with Gasteiger partial charge in [0, 0.05) is 24.0 Å². The zero-order valence-corrected chi connectivity index (χ0v) is 10.1. The van der Waals surface area contributed by atoms with Crippen LogP contribution in [0.1, 0.15) is 0 Å². The van der Waals surface area contributed by atoms with Crippen LogP contribution < -0.4 is 3.82 Å². The molecule has 2 rings (SSSR count). The Balaban J connectivity index is 2.41. The number of halogens is 1. The Bertz CT molecular complexity index is 589. The van der Waals surface area contributed by atoms with Crippen molar-refractivity contribution in [2.24, 2.45) is 0 Å². The lowest BCUT2D eigenvalue weighted by Crippen LogP contribution is -2.22. The predicted molar refractivity (Wildman–Crippen MR) is 64.0 cm³/mol. The van der Waals surface area contributed by atoms with Gasteiger partial charge in [0.1, 0.15) is 6.33 Å². The Morgan fingerprint density at radius 3 is 2.41 bits per heavy atom. The molecule has 0 aliphatic heterocycles. The van der Waals surface area contributed by atoms with E-state index in [0.29, 0.717) is 3.82 Å². The molecule has 0 radical (unpaired) electrons. The lowest BCUT2D eigenvalue weighted by atomic mass is 10.4. The Morgan fingerprint density at radius 1 is 1.12 bits per heavy atom. The van der Waals surface area contributed by atoms with Gasteiger partial charge in [-0.25, -0.2) is 9.97 Å². The molecule has 0 aliphatic rings. The van der Waals surface area contributed by atoms with Crippen molar-refractivity contribution in [2.75, 3.05) is 3.82 Å². The largest absolute Gasteiger partial charge is 0.279 e. The summed E-state index contributed by atoms with van der Waals surface area (Å²) in [6.45, 7) is 0. The maximum Gasteiger partial charge on any atom is 0.279 e. The molecule has 88 valence electrons. The number of hydrogen-bond donors (Lipinski definition) is 0. The van der Waals surface area contributed by atoms with Gasteiger partial charge in [-0.3, -0.25) is 0 Å². The third-order valence-corrected chi connectivity index (χ3v) is 4.19. The van der Waals surface area contributed by atoms with Crippen LogP contribution in [0, 0.1) is 0 Å². The maximum atomic E-state index is 12.1. The van der Waals surface area contributed by atoms with Gasteiger partial charge in [-0.1, -0.05) is 18.2 Å². The van der Waals surface area contributed by atoms with E-state index in [-0.39, 0.29) is 10.7 Å². The molecule has 0 saturated carbocycles. The zero-order valence-electron chi connectivity index (χ0n) is 8.56. The van der Waals surface area contributed by atoms with Crippen molar-refractivity contribution in [1.82, 2.24) is 9.97 Å². The fourth-order valence-electron chi connectivity index (χ4n) is 1.20. The van der Waals surface area contributed by atoms with Crippen LogP contribution >= 0.6 is 11.8 Å². The number of anilines is 1. The number of nitrogens with zero attached hydrogens (tertiary/aromatic N) is 3. The van der Waals surface area contributed by atoms with Crippen molar-refractivity contribution in [1.29, 1.82) is 0 Å². The van der Waals surface area contributed by atoms with Crippen LogP contribution in [0.5, 0.6) is 0 Å². The molecule has 0 spiro atoms. The minimum atomic E-state index is -3.78. The van der Waals surface area contributed by atoms with Crippen molar-refractivity contribution in [2.45, 2.75) is 4.90 Å². The average molecular weight is 270 g/mol. The number of rotatable bonds is 3. The highest BCUT2D eigenvalue weighted by molar-refractivity contribution is 7.94. The monoisotopic (exact) mass is 269 g/mol. The highest BCUT2D eigenvalue weighted by Crippen LogP contribution is 2.22. The fraction of sp³-hybridized carbons (Fsp3) is 0. The molecule has 0 amide bonds. The molecule has 7 heteroatoms. The molecule has 17 heavy (non-hydrogen) atoms. The SMILES string of the molecule is O=S(=O)(c1ccccc1)N(Cl)c1ccncn1. The normalized spacial score (nSPS) is 11.1. The van der Waals surface area contributed by atoms with Crippen LogP contribution in [-0.4, -0.2) is 18.4 Å². The molecule has 0 saturated heterocycles. The van der Waals surface area contributed by atoms with Gasteiger partial charge in [-0.05, 0) is 12.1 Å². The molecule has 0 atom stereocenters. The number of hydrogen-bond acceptors (Lipinski definition) is 4. The summed E-state index contributed by atoms with van der Waals surface area (Å²) in [5.41, 5.74) is 0. The molecular weight excluding hydrogens is 262 g/mol. The fourth-order valence-corrected chi connectivity index (χ4v) is 2.58. The first-order valence-corrected chi connectivity index (χ1v) is 6.42. The van der Waals surface area contributed by atoms with E-state index in [9.17, 15) is 8.42 Å². The van der Waals surface area contributed by atoms with Gasteiger partial charge in [0.05, 0.1) is 4.90 Å². The first-order valence-electron chi connectivity index (χ1n) is 4.64. The molecule has 1 aromatic carbocycles. The van der Waals surface area contributed by atoms with Gasteiger partial charge in [0.2, 0.25) is 0 Å². The second kappa shape index (κ2) is 4.68. The van der Waals surface area contributed by atoms with Crippen molar-refractivity contribution >= 4 is 27.6 Å². The second-order valence-electron chi connectivity index (χ2n) is 3.10. The summed E-state index contributed by atoms with van der Waals surface area (Å²) in [5.74, 6) is 0.102. The van der Waals surface area contributed by atoms with Crippen LogP contribution in [0.15, 0.2) is 53.8 Å². The van der Waals surface area contributed by atoms with E-state index >= 15 is 0 Å². The van der Waals surface area contributed by atoms with Gasteiger partial charge >= 0.3 is 0 Å². The average Bonchev–Trinajstić information content (AvgIpc) is 2.40. The van der Waals surface area contributed by atoms with Gasteiger partial charge in [-0.15, -0.1) is 0 Å². The first-order chi connectivity index (χ1) is 8.12. The summed E-state index contributed by atoms with van der Waals surface area (Å²) >= 11 is 5.79. The summed E-state index contributed by atoms with van der Waals surface area (Å²) < 4.78 is 24.7. The van der Waals surface area contributed by atoms with Gasteiger partial charge in [-0.2, -0.15) is 12.2 Å². The van der Waals surface area contributed by atoms with E-state index in [1.54, 1.807) is 18.2 Å². The number of aromatic nitrogens is 2. The molecule has 0 bridgehead atoms. The molecular formula is C10H8ClN3O2S. The van der Waals surface area contributed by atoms with Crippen molar-refractivity contribution in [3.8, 4) is 0 Å². The third-order valence-electron chi connectivity index (χ3n) is 2.00. The Morgan fingerprint density at radius 2 is 1.82 bits per heavy atom. The van der Waals surface area contributed by atoms with Crippen molar-refractivity contribution < 1.29 is 8.42 Å². The maximum absolute atomic E-state index is 12.1. The van der Waals surface area contributed by atoms with Crippen molar-refractivity contribution in [3.05, 3.63) is 48.9 Å². The van der Waals surface area contributed by atoms with Gasteiger partial charge < -0.3 is 0 Å². The van der Waals surface area contributed by atoms with Crippen LogP contribution in [0.4, 0.5) is 5.82 Å². The van der Waals surface area contributed by atoms with Crippen LogP contribution in [0.25, 0.3) is 0 Å². The Kier molecular flexibility index (Phi) is 3.26. The van der Waals surface area contributed by atoms with Gasteiger partial charge in [0.25, 0.3) is 10.0 Å². The summed E-state index contributed by atoms with van der Waals surface area (Å²) in [6.07, 6.45) is 2.64. The number of benzene rings is 1. The third kappa shape index (κ3) is 2.37. The topological polar surface area (TPSA) is 63.2 Å². The van der Waals surface area contributed by atoms with Crippen molar-refractivity contribution in [3.63, 3.8) is 0 Å². The van der Waals surface area contributed by atoms with Crippen LogP contribution in [0.2, 0.25) is 0 Å². The highest BCUT2D eigenvalue weighted by atomic mass is 35.5. The second-order valence-corrected chi connectivity index (χ2v) is 5.43. The van der Waals surface area contributed by atoms with E-state index < -0.39 is 10.0 Å². The minimum Gasteiger partial charge on any atom is -0.245 e. The summed E-state index contributed by atoms with van der Waals surface area (Å²) in [4.78, 5) is 7.57. The first kappa shape index (κ1) is 11.8. The summed E-state index contributed by atoms with van der Waals surface area (Å²) in [5, 5.41) is 0. The zero-order chi connectivity index (χ0) is 12.3. The smallest absolute Gasteiger partial charge is 0.245 e. The van der Waals surface area contributed by atoms with E-state index in [1.165, 1.54) is 30.7 Å². The van der Waals surface area contributed by atoms with Crippen LogP contribution in [0.3, 0.4) is 0 Å². The molecule has 2 aromatic rings. The Labute approximate surface area is 104 Å². The molecule has 1 aromatic heterocycles. The van der Waals surface area contributed by atoms with E-state index in [2.05, 4.69) is 9.97 Å². The predicted octanol–water partition coefficient (Wildman–Crippen LogP) is 1.83.